The Labute approximate surface area is 215 Å². The molecule has 1 aliphatic carbocycles. The quantitative estimate of drug-likeness (QED) is 0.282. The summed E-state index contributed by atoms with van der Waals surface area (Å²) < 4.78 is 0. The molecule has 178 valence electrons. The molecule has 0 saturated heterocycles. The maximum absolute atomic E-state index is 5.06. The van der Waals surface area contributed by atoms with Crippen molar-refractivity contribution in [3.05, 3.63) is 101 Å². The molecule has 3 aromatic carbocycles. The highest BCUT2D eigenvalue weighted by atomic mass is 15.2. The van der Waals surface area contributed by atoms with Gasteiger partial charge in [0.2, 0.25) is 6.71 Å². The standard InChI is InChI=1S/C33H33BN2/c1-31(2)20-32(3,4)24-19-27-25(18-23(24)31)33(5,6)22-16-17-35-30-29(22)34(27)26-14-10-11-15-28(26)36(30)21-12-8-7-9-13-21/h7-19H,20H2,1-6H3. The second-order valence-corrected chi connectivity index (χ2v) is 12.8. The third-order valence-corrected chi connectivity index (χ3v) is 9.16. The molecule has 0 amide bonds. The van der Waals surface area contributed by atoms with Crippen molar-refractivity contribution in [2.24, 2.45) is 0 Å². The predicted molar refractivity (Wildman–Crippen MR) is 153 cm³/mol. The van der Waals surface area contributed by atoms with Gasteiger partial charge in [-0.05, 0) is 74.7 Å². The summed E-state index contributed by atoms with van der Waals surface area (Å²) in [6.45, 7) is 14.7. The highest BCUT2D eigenvalue weighted by Crippen LogP contribution is 2.51. The van der Waals surface area contributed by atoms with Gasteiger partial charge in [0.15, 0.2) is 0 Å². The van der Waals surface area contributed by atoms with Gasteiger partial charge in [-0.15, -0.1) is 0 Å². The maximum Gasteiger partial charge on any atom is 0.249 e. The first kappa shape index (κ1) is 21.9. The minimum Gasteiger partial charge on any atom is -0.296 e. The number of benzene rings is 3. The van der Waals surface area contributed by atoms with Crippen molar-refractivity contribution in [2.75, 3.05) is 4.90 Å². The Morgan fingerprint density at radius 2 is 1.36 bits per heavy atom. The van der Waals surface area contributed by atoms with Crippen LogP contribution in [0.15, 0.2) is 79.0 Å². The van der Waals surface area contributed by atoms with Crippen molar-refractivity contribution >= 4 is 40.3 Å². The van der Waals surface area contributed by atoms with Crippen LogP contribution >= 0.6 is 0 Å². The van der Waals surface area contributed by atoms with Gasteiger partial charge in [-0.1, -0.05) is 95.5 Å². The average Bonchev–Trinajstić information content (AvgIpc) is 3.04. The monoisotopic (exact) mass is 468 g/mol. The van der Waals surface area contributed by atoms with Crippen LogP contribution in [-0.2, 0) is 16.2 Å². The number of hydrogen-bond donors (Lipinski definition) is 0. The summed E-state index contributed by atoms with van der Waals surface area (Å²) >= 11 is 0. The smallest absolute Gasteiger partial charge is 0.249 e. The van der Waals surface area contributed by atoms with Gasteiger partial charge in [-0.2, -0.15) is 0 Å². The summed E-state index contributed by atoms with van der Waals surface area (Å²) in [7, 11) is 0. The van der Waals surface area contributed by atoms with Gasteiger partial charge < -0.3 is 0 Å². The van der Waals surface area contributed by atoms with E-state index in [1.807, 2.05) is 6.20 Å². The van der Waals surface area contributed by atoms with Gasteiger partial charge in [0.05, 0.1) is 0 Å². The van der Waals surface area contributed by atoms with E-state index in [1.54, 1.807) is 0 Å². The van der Waals surface area contributed by atoms with Crippen LogP contribution in [0.2, 0.25) is 0 Å². The topological polar surface area (TPSA) is 16.1 Å². The van der Waals surface area contributed by atoms with Crippen molar-refractivity contribution in [3.63, 3.8) is 0 Å². The number of nitrogens with zero attached hydrogens (tertiary/aromatic N) is 2. The molecule has 0 fully saturated rings. The second-order valence-electron chi connectivity index (χ2n) is 12.8. The Kier molecular flexibility index (Phi) is 4.21. The molecule has 2 nitrogen and oxygen atoms in total. The van der Waals surface area contributed by atoms with Crippen LogP contribution in [0.3, 0.4) is 0 Å². The zero-order chi connectivity index (χ0) is 25.0. The van der Waals surface area contributed by atoms with Gasteiger partial charge in [-0.3, -0.25) is 4.90 Å². The molecule has 3 heteroatoms. The lowest BCUT2D eigenvalue weighted by Gasteiger charge is -2.45. The van der Waals surface area contributed by atoms with Crippen LogP contribution in [0, 0.1) is 0 Å². The predicted octanol–water partition coefficient (Wildman–Crippen LogP) is 5.98. The molecule has 7 rings (SSSR count). The molecule has 36 heavy (non-hydrogen) atoms. The Hall–Kier alpha value is -3.33. The molecule has 0 atom stereocenters. The summed E-state index contributed by atoms with van der Waals surface area (Å²) in [5.74, 6) is 1.07. The first-order chi connectivity index (χ1) is 17.1. The second kappa shape index (κ2) is 6.91. The minimum atomic E-state index is -0.106. The summed E-state index contributed by atoms with van der Waals surface area (Å²) in [5, 5.41) is 0. The summed E-state index contributed by atoms with van der Waals surface area (Å²) in [5.41, 5.74) is 12.8. The zero-order valence-corrected chi connectivity index (χ0v) is 22.2. The molecular weight excluding hydrogens is 435 g/mol. The summed E-state index contributed by atoms with van der Waals surface area (Å²) in [6, 6.07) is 27.1. The summed E-state index contributed by atoms with van der Waals surface area (Å²) in [4.78, 5) is 7.42. The van der Waals surface area contributed by atoms with E-state index in [1.165, 1.54) is 50.8 Å². The van der Waals surface area contributed by atoms with E-state index in [0.29, 0.717) is 0 Å². The Morgan fingerprint density at radius 1 is 0.694 bits per heavy atom. The molecule has 0 saturated carbocycles. The molecule has 0 radical (unpaired) electrons. The van der Waals surface area contributed by atoms with Crippen LogP contribution in [0.25, 0.3) is 0 Å². The van der Waals surface area contributed by atoms with Crippen molar-refractivity contribution in [1.29, 1.82) is 0 Å². The van der Waals surface area contributed by atoms with Crippen molar-refractivity contribution in [3.8, 4) is 0 Å². The van der Waals surface area contributed by atoms with Gasteiger partial charge in [0, 0.05) is 23.0 Å². The number of para-hydroxylation sites is 2. The Bertz CT molecular complexity index is 1550. The van der Waals surface area contributed by atoms with E-state index in [-0.39, 0.29) is 23.0 Å². The lowest BCUT2D eigenvalue weighted by Crippen LogP contribution is -2.64. The first-order valence-electron chi connectivity index (χ1n) is 13.2. The van der Waals surface area contributed by atoms with Gasteiger partial charge >= 0.3 is 0 Å². The van der Waals surface area contributed by atoms with Gasteiger partial charge in [-0.25, -0.2) is 4.98 Å². The van der Waals surface area contributed by atoms with Crippen molar-refractivity contribution in [2.45, 2.75) is 64.2 Å². The summed E-state index contributed by atoms with van der Waals surface area (Å²) in [6.07, 6.45) is 3.20. The number of pyridine rings is 1. The van der Waals surface area contributed by atoms with Crippen LogP contribution in [-0.4, -0.2) is 11.7 Å². The van der Waals surface area contributed by atoms with Crippen LogP contribution < -0.4 is 21.3 Å². The number of fused-ring (bicyclic) bond motifs is 5. The molecule has 1 aromatic heterocycles. The number of rotatable bonds is 1. The van der Waals surface area contributed by atoms with E-state index >= 15 is 0 Å². The van der Waals surface area contributed by atoms with E-state index in [2.05, 4.69) is 119 Å². The fourth-order valence-electron chi connectivity index (χ4n) is 7.79. The Morgan fingerprint density at radius 3 is 2.11 bits per heavy atom. The highest BCUT2D eigenvalue weighted by Gasteiger charge is 2.49. The van der Waals surface area contributed by atoms with E-state index in [9.17, 15) is 0 Å². The average molecular weight is 468 g/mol. The molecule has 0 N–H and O–H groups in total. The number of hydrogen-bond acceptors (Lipinski definition) is 2. The Balaban J connectivity index is 1.58. The third-order valence-electron chi connectivity index (χ3n) is 9.16. The van der Waals surface area contributed by atoms with Crippen LogP contribution in [0.4, 0.5) is 17.2 Å². The van der Waals surface area contributed by atoms with Crippen molar-refractivity contribution < 1.29 is 0 Å². The first-order valence-corrected chi connectivity index (χ1v) is 13.2. The highest BCUT2D eigenvalue weighted by molar-refractivity contribution is 6.98. The molecule has 3 heterocycles. The largest absolute Gasteiger partial charge is 0.296 e. The van der Waals surface area contributed by atoms with Gasteiger partial charge in [0.1, 0.15) is 5.82 Å². The molecule has 2 aliphatic heterocycles. The number of aromatic nitrogens is 1. The molecule has 0 bridgehead atoms. The molecule has 0 unspecified atom stereocenters. The normalized spacial score (nSPS) is 19.3. The fraction of sp³-hybridized carbons (Fsp3) is 0.303. The SMILES string of the molecule is CC1(C)CC(C)(C)c2cc3c(cc21)B1c2ccccc2N(c2ccccc2)c2nccc(c21)C3(C)C. The van der Waals surface area contributed by atoms with Crippen LogP contribution in [0.5, 0.6) is 0 Å². The maximum atomic E-state index is 5.06. The van der Waals surface area contributed by atoms with Crippen molar-refractivity contribution in [1.82, 2.24) is 4.98 Å². The van der Waals surface area contributed by atoms with E-state index in [4.69, 9.17) is 4.98 Å². The molecule has 0 spiro atoms. The minimum absolute atomic E-state index is 0.106. The van der Waals surface area contributed by atoms with Gasteiger partial charge in [0.25, 0.3) is 0 Å². The lowest BCUT2D eigenvalue weighted by atomic mass is 9.30. The van der Waals surface area contributed by atoms with Crippen LogP contribution in [0.1, 0.15) is 70.2 Å². The molecular formula is C33H33BN2. The lowest BCUT2D eigenvalue weighted by molar-refractivity contribution is 0.403. The zero-order valence-electron chi connectivity index (χ0n) is 22.2. The third kappa shape index (κ3) is 2.72. The van der Waals surface area contributed by atoms with E-state index in [0.717, 1.165) is 11.5 Å². The molecule has 4 aromatic rings. The number of anilines is 3. The molecule has 3 aliphatic rings. The fourth-order valence-corrected chi connectivity index (χ4v) is 7.79. The van der Waals surface area contributed by atoms with E-state index < -0.39 is 0 Å².